The Balaban J connectivity index is 1.44. The summed E-state index contributed by atoms with van der Waals surface area (Å²) in [5.41, 5.74) is 11.4. The summed E-state index contributed by atoms with van der Waals surface area (Å²) in [5, 5.41) is 4.16. The Morgan fingerprint density at radius 3 is 2.32 bits per heavy atom. The summed E-state index contributed by atoms with van der Waals surface area (Å²) >= 11 is 2.65. The fraction of sp³-hybridized carbons (Fsp3) is 0.0690. The van der Waals surface area contributed by atoms with Gasteiger partial charge in [-0.05, 0) is 47.5 Å². The fourth-order valence-corrected chi connectivity index (χ4v) is 6.19. The van der Waals surface area contributed by atoms with Crippen LogP contribution in [0.3, 0.4) is 0 Å². The molecule has 38 heavy (non-hydrogen) atoms. The minimum absolute atomic E-state index is 0.321. The van der Waals surface area contributed by atoms with Crippen LogP contribution in [0.1, 0.15) is 9.67 Å². The Morgan fingerprint density at radius 2 is 1.58 bits per heavy atom. The quantitative estimate of drug-likeness (QED) is 0.235. The topological polar surface area (TPSA) is 99.4 Å². The van der Waals surface area contributed by atoms with Gasteiger partial charge in [-0.2, -0.15) is 0 Å². The molecule has 0 aliphatic heterocycles. The average molecular weight is 539 g/mol. The summed E-state index contributed by atoms with van der Waals surface area (Å²) < 4.78 is 11.5. The van der Waals surface area contributed by atoms with E-state index in [1.54, 1.807) is 14.2 Å². The molecule has 0 bridgehead atoms. The summed E-state index contributed by atoms with van der Waals surface area (Å²) in [7, 11) is 3.25. The maximum Gasteiger partial charge on any atom is 0.269 e. The second-order valence-corrected chi connectivity index (χ2v) is 10.5. The molecule has 9 heteroatoms. The first-order valence-corrected chi connectivity index (χ1v) is 13.4. The van der Waals surface area contributed by atoms with E-state index < -0.39 is 0 Å². The molecule has 0 fully saturated rings. The number of benzene rings is 3. The number of nitrogens with two attached hydrogens (primary N) is 1. The lowest BCUT2D eigenvalue weighted by molar-refractivity contribution is 0.103. The predicted octanol–water partition coefficient (Wildman–Crippen LogP) is 7.09. The summed E-state index contributed by atoms with van der Waals surface area (Å²) in [6.07, 6.45) is 0. The third-order valence-electron chi connectivity index (χ3n) is 6.19. The number of nitrogens with zero attached hydrogens (tertiary/aromatic N) is 2. The highest BCUT2D eigenvalue weighted by molar-refractivity contribution is 7.23. The van der Waals surface area contributed by atoms with Gasteiger partial charge >= 0.3 is 0 Å². The van der Waals surface area contributed by atoms with Gasteiger partial charge in [-0.25, -0.2) is 9.97 Å². The van der Waals surface area contributed by atoms with E-state index in [0.29, 0.717) is 20.5 Å². The van der Waals surface area contributed by atoms with E-state index in [0.717, 1.165) is 49.5 Å². The zero-order valence-electron chi connectivity index (χ0n) is 20.5. The monoisotopic (exact) mass is 538 g/mol. The van der Waals surface area contributed by atoms with Crippen LogP contribution in [0.15, 0.2) is 78.9 Å². The first-order chi connectivity index (χ1) is 18.5. The molecule has 0 saturated carbocycles. The number of anilines is 2. The number of aromatic nitrogens is 2. The molecule has 0 spiro atoms. The molecule has 0 aliphatic rings. The molecule has 0 unspecified atom stereocenters. The highest BCUT2D eigenvalue weighted by atomic mass is 32.1. The van der Waals surface area contributed by atoms with Gasteiger partial charge in [-0.15, -0.1) is 11.3 Å². The van der Waals surface area contributed by atoms with Crippen LogP contribution in [0.2, 0.25) is 0 Å². The van der Waals surface area contributed by atoms with Crippen LogP contribution in [-0.4, -0.2) is 30.1 Å². The largest absolute Gasteiger partial charge is 0.497 e. The maximum atomic E-state index is 13.4. The molecule has 3 aromatic carbocycles. The molecule has 3 heterocycles. The third kappa shape index (κ3) is 4.31. The number of hydrogen-bond acceptors (Lipinski definition) is 8. The second-order valence-electron chi connectivity index (χ2n) is 8.48. The van der Waals surface area contributed by atoms with Crippen molar-refractivity contribution < 1.29 is 14.3 Å². The minimum Gasteiger partial charge on any atom is -0.497 e. The maximum absolute atomic E-state index is 13.4. The lowest BCUT2D eigenvalue weighted by atomic mass is 9.99. The van der Waals surface area contributed by atoms with Crippen molar-refractivity contribution >= 4 is 59.8 Å². The predicted molar refractivity (Wildman–Crippen MR) is 156 cm³/mol. The smallest absolute Gasteiger partial charge is 0.269 e. The van der Waals surface area contributed by atoms with Crippen LogP contribution in [0.25, 0.3) is 42.8 Å². The Hall–Kier alpha value is -4.47. The van der Waals surface area contributed by atoms with E-state index in [1.807, 2.05) is 78.9 Å². The van der Waals surface area contributed by atoms with Crippen molar-refractivity contribution in [2.24, 2.45) is 0 Å². The molecule has 6 rings (SSSR count). The summed E-state index contributed by atoms with van der Waals surface area (Å²) in [6.45, 7) is 0. The highest BCUT2D eigenvalue weighted by Gasteiger charge is 2.22. The number of thiophene rings is 1. The molecule has 0 saturated heterocycles. The zero-order valence-corrected chi connectivity index (χ0v) is 22.2. The van der Waals surface area contributed by atoms with E-state index >= 15 is 0 Å². The Labute approximate surface area is 226 Å². The number of pyridine rings is 1. The van der Waals surface area contributed by atoms with Gasteiger partial charge in [0.25, 0.3) is 5.91 Å². The number of carbonyl (C=O) groups is 1. The van der Waals surface area contributed by atoms with Gasteiger partial charge < -0.3 is 15.2 Å². The number of fused-ring (bicyclic) bond motifs is 2. The fourth-order valence-electron chi connectivity index (χ4n) is 4.28. The van der Waals surface area contributed by atoms with Gasteiger partial charge in [0.15, 0.2) is 5.13 Å². The molecular weight excluding hydrogens is 516 g/mol. The molecule has 0 aliphatic carbocycles. The number of ether oxygens (including phenoxy) is 2. The van der Waals surface area contributed by atoms with Gasteiger partial charge in [-0.3, -0.25) is 10.1 Å². The van der Waals surface area contributed by atoms with Crippen molar-refractivity contribution in [2.45, 2.75) is 0 Å². The van der Waals surface area contributed by atoms with E-state index in [2.05, 4.69) is 10.3 Å². The van der Waals surface area contributed by atoms with Crippen LogP contribution in [0.5, 0.6) is 11.5 Å². The summed E-state index contributed by atoms with van der Waals surface area (Å²) in [4.78, 5) is 23.9. The Morgan fingerprint density at radius 1 is 0.842 bits per heavy atom. The molecule has 0 radical (unpaired) electrons. The van der Waals surface area contributed by atoms with Crippen molar-refractivity contribution in [1.82, 2.24) is 9.97 Å². The van der Waals surface area contributed by atoms with Crippen LogP contribution in [0, 0.1) is 0 Å². The standard InChI is InChI=1S/C29H22N4O3S2/c1-35-18-10-8-16(9-11-18)20-15-22(17-6-4-3-5-7-17)31-28-24(20)25(30)26(38-28)27(34)33-29-32-21-13-12-19(36-2)14-23(21)37-29/h3-15H,30H2,1-2H3,(H,32,33,34). The normalized spacial score (nSPS) is 11.1. The number of nitrogens with one attached hydrogen (secondary N) is 1. The lowest BCUT2D eigenvalue weighted by Crippen LogP contribution is -2.11. The number of rotatable bonds is 6. The van der Waals surface area contributed by atoms with E-state index in [4.69, 9.17) is 20.2 Å². The molecule has 6 aromatic rings. The Kier molecular flexibility index (Phi) is 6.15. The molecule has 3 aromatic heterocycles. The van der Waals surface area contributed by atoms with Crippen LogP contribution < -0.4 is 20.5 Å². The van der Waals surface area contributed by atoms with Crippen LogP contribution >= 0.6 is 22.7 Å². The molecular formula is C29H22N4O3S2. The number of carbonyl (C=O) groups excluding carboxylic acids is 1. The highest BCUT2D eigenvalue weighted by Crippen LogP contribution is 2.42. The van der Waals surface area contributed by atoms with Crippen molar-refractivity contribution in [3.8, 4) is 33.9 Å². The van der Waals surface area contributed by atoms with Crippen molar-refractivity contribution in [1.29, 1.82) is 0 Å². The number of hydrogen-bond donors (Lipinski definition) is 2. The zero-order chi connectivity index (χ0) is 26.2. The van der Waals surface area contributed by atoms with Gasteiger partial charge in [0.05, 0.1) is 35.8 Å². The van der Waals surface area contributed by atoms with Crippen LogP contribution in [0.4, 0.5) is 10.8 Å². The third-order valence-corrected chi connectivity index (χ3v) is 8.22. The van der Waals surface area contributed by atoms with E-state index in [-0.39, 0.29) is 5.91 Å². The van der Waals surface area contributed by atoms with Gasteiger partial charge in [0.2, 0.25) is 0 Å². The molecule has 7 nitrogen and oxygen atoms in total. The summed E-state index contributed by atoms with van der Waals surface area (Å²) in [5.74, 6) is 1.17. The van der Waals surface area contributed by atoms with E-state index in [9.17, 15) is 4.79 Å². The van der Waals surface area contributed by atoms with Crippen molar-refractivity contribution in [3.05, 3.63) is 83.7 Å². The number of amides is 1. The first-order valence-electron chi connectivity index (χ1n) is 11.7. The Bertz CT molecular complexity index is 1790. The SMILES string of the molecule is COc1ccc(-c2cc(-c3ccccc3)nc3sc(C(=O)Nc4nc5ccc(OC)cc5s4)c(N)c23)cc1. The number of nitrogen functional groups attached to an aromatic ring is 1. The first kappa shape index (κ1) is 23.9. The average Bonchev–Trinajstić information content (AvgIpc) is 3.52. The van der Waals surface area contributed by atoms with Crippen molar-refractivity contribution in [2.75, 3.05) is 25.3 Å². The van der Waals surface area contributed by atoms with Gasteiger partial charge in [-0.1, -0.05) is 53.8 Å². The molecule has 188 valence electrons. The second kappa shape index (κ2) is 9.77. The molecule has 0 atom stereocenters. The van der Waals surface area contributed by atoms with Gasteiger partial charge in [0.1, 0.15) is 21.2 Å². The van der Waals surface area contributed by atoms with Crippen LogP contribution in [-0.2, 0) is 0 Å². The number of thiazole rings is 1. The lowest BCUT2D eigenvalue weighted by Gasteiger charge is -2.09. The minimum atomic E-state index is -0.321. The number of methoxy groups -OCH3 is 2. The van der Waals surface area contributed by atoms with Crippen molar-refractivity contribution in [3.63, 3.8) is 0 Å². The van der Waals surface area contributed by atoms with Gasteiger partial charge in [0, 0.05) is 10.9 Å². The summed E-state index contributed by atoms with van der Waals surface area (Å²) in [6, 6.07) is 25.3. The molecule has 3 N–H and O–H groups in total. The molecule has 1 amide bonds. The van der Waals surface area contributed by atoms with E-state index in [1.165, 1.54) is 22.7 Å².